The second-order valence-electron chi connectivity index (χ2n) is 6.27. The molecule has 0 heteroatoms. The maximum absolute atomic E-state index is 4.08. The summed E-state index contributed by atoms with van der Waals surface area (Å²) in [6.45, 7) is 13.1. The summed E-state index contributed by atoms with van der Waals surface area (Å²) in [5.74, 6) is 0.456. The molecule has 0 fully saturated rings. The Bertz CT molecular complexity index is 759. The average Bonchev–Trinajstić information content (AvgIpc) is 2.60. The van der Waals surface area contributed by atoms with Gasteiger partial charge in [-0.05, 0) is 72.2 Å². The van der Waals surface area contributed by atoms with Gasteiger partial charge in [-0.1, -0.05) is 42.8 Å². The summed E-state index contributed by atoms with van der Waals surface area (Å²) in [5.41, 5.74) is 8.74. The van der Waals surface area contributed by atoms with E-state index in [1.54, 1.807) is 0 Å². The molecule has 0 saturated carbocycles. The van der Waals surface area contributed by atoms with Crippen LogP contribution in [0, 0.1) is 19.8 Å². The predicted molar refractivity (Wildman–Crippen MR) is 93.7 cm³/mol. The van der Waals surface area contributed by atoms with Crippen LogP contribution in [0.4, 0.5) is 0 Å². The van der Waals surface area contributed by atoms with Gasteiger partial charge in [0, 0.05) is 5.92 Å². The molecule has 1 aliphatic rings. The highest BCUT2D eigenvalue weighted by molar-refractivity contribution is 5.99. The van der Waals surface area contributed by atoms with E-state index in [-0.39, 0.29) is 0 Å². The van der Waals surface area contributed by atoms with Crippen LogP contribution in [0.1, 0.15) is 42.5 Å². The van der Waals surface area contributed by atoms with Gasteiger partial charge < -0.3 is 0 Å². The Kier molecular flexibility index (Phi) is 3.49. The number of benzene rings is 2. The monoisotopic (exact) mass is 276 g/mol. The Hall–Kier alpha value is -1.82. The zero-order chi connectivity index (χ0) is 15.1. The molecule has 2 aromatic rings. The van der Waals surface area contributed by atoms with Crippen molar-refractivity contribution >= 4 is 16.3 Å². The minimum atomic E-state index is 0.456. The van der Waals surface area contributed by atoms with Crippen LogP contribution in [0.2, 0.25) is 0 Å². The lowest BCUT2D eigenvalue weighted by Crippen LogP contribution is -2.03. The lowest BCUT2D eigenvalue weighted by Gasteiger charge is -2.15. The van der Waals surface area contributed by atoms with Gasteiger partial charge in [0.15, 0.2) is 0 Å². The molecular weight excluding hydrogens is 252 g/mol. The largest absolute Gasteiger partial charge is 0.102 e. The standard InChI is InChI=1S/C21H24/c1-6-16-12-17-11-13(3)14(4)19-9-8-10-20(21(17)19)18(7-2)15(16)5/h6,8-11,16H,1,7,12H2,2-5H3. The van der Waals surface area contributed by atoms with Crippen molar-refractivity contribution in [1.82, 2.24) is 0 Å². The SMILES string of the molecule is C=CC1Cc2cc(C)c(C)c3cccc(c23)C(CC)=C1C. The smallest absolute Gasteiger partial charge is 0.00180 e. The van der Waals surface area contributed by atoms with Crippen LogP contribution >= 0.6 is 0 Å². The van der Waals surface area contributed by atoms with Crippen molar-refractivity contribution in [2.24, 2.45) is 5.92 Å². The third-order valence-electron chi connectivity index (χ3n) is 5.21. The molecule has 0 bridgehead atoms. The lowest BCUT2D eigenvalue weighted by atomic mass is 9.89. The van der Waals surface area contributed by atoms with Gasteiger partial charge in [0.1, 0.15) is 0 Å². The van der Waals surface area contributed by atoms with Crippen LogP contribution in [-0.2, 0) is 6.42 Å². The van der Waals surface area contributed by atoms with Gasteiger partial charge >= 0.3 is 0 Å². The van der Waals surface area contributed by atoms with Gasteiger partial charge in [-0.15, -0.1) is 6.58 Å². The van der Waals surface area contributed by atoms with Gasteiger partial charge in [-0.2, -0.15) is 0 Å². The van der Waals surface area contributed by atoms with E-state index >= 15 is 0 Å². The predicted octanol–water partition coefficient (Wildman–Crippen LogP) is 6.00. The fourth-order valence-electron chi connectivity index (χ4n) is 3.83. The lowest BCUT2D eigenvalue weighted by molar-refractivity contribution is 0.761. The third kappa shape index (κ3) is 2.05. The van der Waals surface area contributed by atoms with Crippen molar-refractivity contribution in [3.05, 3.63) is 64.7 Å². The molecule has 0 nitrogen and oxygen atoms in total. The van der Waals surface area contributed by atoms with Crippen LogP contribution in [0.5, 0.6) is 0 Å². The van der Waals surface area contributed by atoms with E-state index in [2.05, 4.69) is 64.6 Å². The molecule has 0 aliphatic heterocycles. The molecule has 0 aromatic heterocycles. The molecule has 21 heavy (non-hydrogen) atoms. The highest BCUT2D eigenvalue weighted by atomic mass is 14.3. The number of hydrogen-bond acceptors (Lipinski definition) is 0. The van der Waals surface area contributed by atoms with Crippen molar-refractivity contribution in [2.75, 3.05) is 0 Å². The Morgan fingerprint density at radius 3 is 2.67 bits per heavy atom. The van der Waals surface area contributed by atoms with Crippen molar-refractivity contribution in [1.29, 1.82) is 0 Å². The summed E-state index contributed by atoms with van der Waals surface area (Å²) in [6, 6.07) is 9.19. The number of rotatable bonds is 2. The first-order valence-electron chi connectivity index (χ1n) is 7.92. The van der Waals surface area contributed by atoms with Crippen LogP contribution in [0.15, 0.2) is 42.5 Å². The highest BCUT2D eigenvalue weighted by Crippen LogP contribution is 2.40. The quantitative estimate of drug-likeness (QED) is 0.590. The zero-order valence-corrected chi connectivity index (χ0v) is 13.6. The van der Waals surface area contributed by atoms with Crippen LogP contribution in [-0.4, -0.2) is 0 Å². The van der Waals surface area contributed by atoms with Gasteiger partial charge in [-0.25, -0.2) is 0 Å². The van der Waals surface area contributed by atoms with Gasteiger partial charge in [0.05, 0.1) is 0 Å². The second kappa shape index (κ2) is 5.18. The molecule has 1 aliphatic carbocycles. The van der Waals surface area contributed by atoms with E-state index in [1.165, 1.54) is 44.2 Å². The highest BCUT2D eigenvalue weighted by Gasteiger charge is 2.22. The van der Waals surface area contributed by atoms with Gasteiger partial charge in [0.2, 0.25) is 0 Å². The second-order valence-corrected chi connectivity index (χ2v) is 6.27. The molecule has 0 saturated heterocycles. The summed E-state index contributed by atoms with van der Waals surface area (Å²) < 4.78 is 0. The summed E-state index contributed by atoms with van der Waals surface area (Å²) in [5, 5.41) is 2.90. The number of aryl methyl sites for hydroxylation is 2. The van der Waals surface area contributed by atoms with E-state index in [0.717, 1.165) is 12.8 Å². The van der Waals surface area contributed by atoms with E-state index in [9.17, 15) is 0 Å². The molecule has 2 aromatic carbocycles. The van der Waals surface area contributed by atoms with Crippen LogP contribution in [0.25, 0.3) is 16.3 Å². The molecular formula is C21H24. The van der Waals surface area contributed by atoms with E-state index < -0.39 is 0 Å². The topological polar surface area (TPSA) is 0 Å². The molecule has 3 rings (SSSR count). The Balaban J connectivity index is 2.47. The molecule has 1 atom stereocenters. The molecule has 108 valence electrons. The van der Waals surface area contributed by atoms with Gasteiger partial charge in [0.25, 0.3) is 0 Å². The van der Waals surface area contributed by atoms with Gasteiger partial charge in [-0.3, -0.25) is 0 Å². The summed E-state index contributed by atoms with van der Waals surface area (Å²) in [6.07, 6.45) is 4.28. The molecule has 0 spiro atoms. The Morgan fingerprint density at radius 2 is 2.00 bits per heavy atom. The summed E-state index contributed by atoms with van der Waals surface area (Å²) in [4.78, 5) is 0. The third-order valence-corrected chi connectivity index (χ3v) is 5.21. The van der Waals surface area contributed by atoms with Crippen molar-refractivity contribution in [2.45, 2.75) is 40.5 Å². The molecule has 0 radical (unpaired) electrons. The fraction of sp³-hybridized carbons (Fsp3) is 0.333. The van der Waals surface area contributed by atoms with E-state index in [4.69, 9.17) is 0 Å². The number of hydrogen-bond donors (Lipinski definition) is 0. The minimum absolute atomic E-state index is 0.456. The van der Waals surface area contributed by atoms with Crippen molar-refractivity contribution < 1.29 is 0 Å². The summed E-state index contributed by atoms with van der Waals surface area (Å²) in [7, 11) is 0. The maximum atomic E-state index is 4.08. The van der Waals surface area contributed by atoms with Crippen molar-refractivity contribution in [3.63, 3.8) is 0 Å². The molecule has 0 N–H and O–H groups in total. The Morgan fingerprint density at radius 1 is 1.24 bits per heavy atom. The average molecular weight is 276 g/mol. The van der Waals surface area contributed by atoms with E-state index in [1.807, 2.05) is 0 Å². The Labute approximate surface area is 128 Å². The normalized spacial score (nSPS) is 18.0. The zero-order valence-electron chi connectivity index (χ0n) is 13.6. The number of allylic oxidation sites excluding steroid dienone is 3. The van der Waals surface area contributed by atoms with Crippen molar-refractivity contribution in [3.8, 4) is 0 Å². The minimum Gasteiger partial charge on any atom is -0.102 e. The summed E-state index contributed by atoms with van der Waals surface area (Å²) >= 11 is 0. The fourth-order valence-corrected chi connectivity index (χ4v) is 3.83. The first kappa shape index (κ1) is 14.1. The van der Waals surface area contributed by atoms with Crippen LogP contribution < -0.4 is 0 Å². The first-order chi connectivity index (χ1) is 10.1. The first-order valence-corrected chi connectivity index (χ1v) is 7.92. The molecule has 1 unspecified atom stereocenters. The van der Waals surface area contributed by atoms with Crippen LogP contribution in [0.3, 0.4) is 0 Å². The maximum Gasteiger partial charge on any atom is 0.00180 e. The van der Waals surface area contributed by atoms with E-state index in [0.29, 0.717) is 5.92 Å². The molecule has 0 heterocycles. The molecule has 0 amide bonds.